The minimum atomic E-state index is 0.320. The van der Waals surface area contributed by atoms with Crippen LogP contribution in [0.3, 0.4) is 0 Å². The highest BCUT2D eigenvalue weighted by Crippen LogP contribution is 2.40. The first-order valence-corrected chi connectivity index (χ1v) is 6.13. The molecule has 2 heteroatoms. The molecule has 1 aromatic carbocycles. The van der Waals surface area contributed by atoms with Crippen molar-refractivity contribution >= 4 is 6.08 Å². The van der Waals surface area contributed by atoms with Crippen LogP contribution in [0.2, 0.25) is 0 Å². The second-order valence-corrected chi connectivity index (χ2v) is 4.94. The Balaban J connectivity index is 1.80. The van der Waals surface area contributed by atoms with Crippen molar-refractivity contribution in [3.63, 3.8) is 0 Å². The lowest BCUT2D eigenvalue weighted by atomic mass is 9.98. The molecule has 2 unspecified atom stereocenters. The molecule has 4 rings (SSSR count). The van der Waals surface area contributed by atoms with E-state index in [4.69, 9.17) is 4.74 Å². The summed E-state index contributed by atoms with van der Waals surface area (Å²) in [6.45, 7) is 2.34. The van der Waals surface area contributed by atoms with Crippen LogP contribution in [-0.2, 0) is 0 Å². The molecule has 0 aliphatic carbocycles. The maximum atomic E-state index is 6.08. The van der Waals surface area contributed by atoms with Crippen LogP contribution in [0.15, 0.2) is 29.8 Å². The highest BCUT2D eigenvalue weighted by atomic mass is 16.5. The summed E-state index contributed by atoms with van der Waals surface area (Å²) in [6, 6.07) is 9.02. The van der Waals surface area contributed by atoms with Gasteiger partial charge in [-0.25, -0.2) is 0 Å². The van der Waals surface area contributed by atoms with E-state index in [0.29, 0.717) is 12.1 Å². The first-order valence-electron chi connectivity index (χ1n) is 6.13. The molecule has 3 heterocycles. The molecule has 0 aromatic heterocycles. The summed E-state index contributed by atoms with van der Waals surface area (Å²) in [4.78, 5) is 2.57. The molecule has 82 valence electrons. The fourth-order valence-corrected chi connectivity index (χ4v) is 3.29. The first kappa shape index (κ1) is 8.82. The fraction of sp³-hybridized carbons (Fsp3) is 0.429. The van der Waals surface area contributed by atoms with Gasteiger partial charge in [-0.05, 0) is 37.1 Å². The van der Waals surface area contributed by atoms with Crippen molar-refractivity contribution in [3.05, 3.63) is 35.4 Å². The van der Waals surface area contributed by atoms with Crippen molar-refractivity contribution in [2.45, 2.75) is 25.0 Å². The molecule has 2 fully saturated rings. The van der Waals surface area contributed by atoms with Gasteiger partial charge in [0.2, 0.25) is 0 Å². The highest BCUT2D eigenvalue weighted by Gasteiger charge is 2.42. The summed E-state index contributed by atoms with van der Waals surface area (Å²) >= 11 is 0. The second-order valence-electron chi connectivity index (χ2n) is 4.94. The topological polar surface area (TPSA) is 12.5 Å². The van der Waals surface area contributed by atoms with E-state index in [9.17, 15) is 0 Å². The summed E-state index contributed by atoms with van der Waals surface area (Å²) in [7, 11) is 0. The van der Waals surface area contributed by atoms with Crippen molar-refractivity contribution in [2.24, 2.45) is 0 Å². The summed E-state index contributed by atoms with van der Waals surface area (Å²) in [5.41, 5.74) is 2.76. The molecule has 2 saturated heterocycles. The van der Waals surface area contributed by atoms with Gasteiger partial charge in [0.05, 0.1) is 0 Å². The van der Waals surface area contributed by atoms with Gasteiger partial charge < -0.3 is 4.74 Å². The molecule has 3 aliphatic rings. The molecule has 1 aromatic rings. The van der Waals surface area contributed by atoms with Gasteiger partial charge in [-0.2, -0.15) is 0 Å². The van der Waals surface area contributed by atoms with Crippen LogP contribution in [0.4, 0.5) is 0 Å². The van der Waals surface area contributed by atoms with Crippen LogP contribution in [0, 0.1) is 0 Å². The van der Waals surface area contributed by atoms with Crippen molar-refractivity contribution in [3.8, 4) is 5.75 Å². The number of hydrogen-bond acceptors (Lipinski definition) is 2. The smallest absolute Gasteiger partial charge is 0.134 e. The number of hydrogen-bond donors (Lipinski definition) is 0. The minimum Gasteiger partial charge on any atom is -0.484 e. The number of fused-ring (bicyclic) bond motifs is 4. The molecule has 0 N–H and O–H groups in total. The third kappa shape index (κ3) is 1.11. The van der Waals surface area contributed by atoms with Gasteiger partial charge >= 0.3 is 0 Å². The number of ether oxygens (including phenoxy) is 1. The standard InChI is InChI=1S/C14H15NO/c1-2-6-13-10(4-1)8-11-12-5-3-7-15(12)9-14(11)16-13/h1-2,4,6,8,12,14H,3,5,7,9H2. The van der Waals surface area contributed by atoms with Gasteiger partial charge in [0.15, 0.2) is 0 Å². The predicted octanol–water partition coefficient (Wildman–Crippen LogP) is 2.31. The van der Waals surface area contributed by atoms with Gasteiger partial charge in [-0.1, -0.05) is 18.2 Å². The van der Waals surface area contributed by atoms with Crippen molar-refractivity contribution < 1.29 is 4.74 Å². The van der Waals surface area contributed by atoms with Crippen molar-refractivity contribution in [1.29, 1.82) is 0 Å². The summed E-state index contributed by atoms with van der Waals surface area (Å²) in [5, 5.41) is 0. The minimum absolute atomic E-state index is 0.320. The lowest BCUT2D eigenvalue weighted by molar-refractivity contribution is 0.216. The molecule has 0 bridgehead atoms. The average Bonchev–Trinajstić information content (AvgIpc) is 2.86. The molecule has 0 amide bonds. The zero-order valence-electron chi connectivity index (χ0n) is 9.23. The SMILES string of the molecule is C1=C2C(CN3CCCC23)Oc2ccccc21. The zero-order valence-corrected chi connectivity index (χ0v) is 9.23. The maximum absolute atomic E-state index is 6.08. The third-order valence-corrected chi connectivity index (χ3v) is 4.03. The van der Waals surface area contributed by atoms with E-state index < -0.39 is 0 Å². The second kappa shape index (κ2) is 3.11. The average molecular weight is 213 g/mol. The Labute approximate surface area is 95.5 Å². The van der Waals surface area contributed by atoms with E-state index in [2.05, 4.69) is 29.2 Å². The summed E-state index contributed by atoms with van der Waals surface area (Å²) in [5.74, 6) is 1.05. The van der Waals surface area contributed by atoms with Crippen molar-refractivity contribution in [2.75, 3.05) is 13.1 Å². The monoisotopic (exact) mass is 213 g/mol. The number of nitrogens with zero attached hydrogens (tertiary/aromatic N) is 1. The molecular weight excluding hydrogens is 198 g/mol. The van der Waals surface area contributed by atoms with Crippen LogP contribution < -0.4 is 4.74 Å². The summed E-state index contributed by atoms with van der Waals surface area (Å²) in [6.07, 6.45) is 5.34. The lowest BCUT2D eigenvalue weighted by Crippen LogP contribution is -2.25. The number of benzene rings is 1. The Morgan fingerprint density at radius 2 is 2.19 bits per heavy atom. The van der Waals surface area contributed by atoms with Crippen LogP contribution >= 0.6 is 0 Å². The molecule has 0 spiro atoms. The van der Waals surface area contributed by atoms with E-state index in [0.717, 1.165) is 12.3 Å². The number of rotatable bonds is 0. The van der Waals surface area contributed by atoms with E-state index in [-0.39, 0.29) is 0 Å². The summed E-state index contributed by atoms with van der Waals surface area (Å²) < 4.78 is 6.08. The predicted molar refractivity (Wildman–Crippen MR) is 63.4 cm³/mol. The van der Waals surface area contributed by atoms with E-state index >= 15 is 0 Å². The first-order chi connectivity index (χ1) is 7.92. The molecule has 2 nitrogen and oxygen atoms in total. The van der Waals surface area contributed by atoms with E-state index in [1.807, 2.05) is 6.07 Å². The van der Waals surface area contributed by atoms with Crippen LogP contribution in [-0.4, -0.2) is 30.1 Å². The molecule has 2 atom stereocenters. The lowest BCUT2D eigenvalue weighted by Gasteiger charge is -2.23. The quantitative estimate of drug-likeness (QED) is 0.655. The normalized spacial score (nSPS) is 31.4. The third-order valence-electron chi connectivity index (χ3n) is 4.03. The fourth-order valence-electron chi connectivity index (χ4n) is 3.29. The molecule has 0 radical (unpaired) electrons. The van der Waals surface area contributed by atoms with Gasteiger partial charge in [0.1, 0.15) is 11.9 Å². The molecule has 0 saturated carbocycles. The Morgan fingerprint density at radius 3 is 3.19 bits per heavy atom. The Morgan fingerprint density at radius 1 is 1.25 bits per heavy atom. The zero-order chi connectivity index (χ0) is 10.5. The van der Waals surface area contributed by atoms with Crippen LogP contribution in [0.25, 0.3) is 6.08 Å². The molecular formula is C14H15NO. The highest BCUT2D eigenvalue weighted by molar-refractivity contribution is 5.65. The Hall–Kier alpha value is -1.28. The maximum Gasteiger partial charge on any atom is 0.134 e. The molecule has 16 heavy (non-hydrogen) atoms. The van der Waals surface area contributed by atoms with Gasteiger partial charge in [0.25, 0.3) is 0 Å². The van der Waals surface area contributed by atoms with E-state index in [1.54, 1.807) is 0 Å². The van der Waals surface area contributed by atoms with Crippen LogP contribution in [0.5, 0.6) is 5.75 Å². The van der Waals surface area contributed by atoms with Gasteiger partial charge in [-0.15, -0.1) is 0 Å². The van der Waals surface area contributed by atoms with Gasteiger partial charge in [0, 0.05) is 18.2 Å². The Bertz CT molecular complexity index is 466. The number of para-hydroxylation sites is 1. The molecule has 3 aliphatic heterocycles. The Kier molecular flexibility index (Phi) is 1.71. The van der Waals surface area contributed by atoms with E-state index in [1.165, 1.54) is 30.5 Å². The van der Waals surface area contributed by atoms with Crippen LogP contribution in [0.1, 0.15) is 18.4 Å². The largest absolute Gasteiger partial charge is 0.484 e. The van der Waals surface area contributed by atoms with Crippen molar-refractivity contribution in [1.82, 2.24) is 4.90 Å². The van der Waals surface area contributed by atoms with Gasteiger partial charge in [-0.3, -0.25) is 4.90 Å².